The van der Waals surface area contributed by atoms with Crippen molar-refractivity contribution in [3.63, 3.8) is 0 Å². The molecule has 1 aromatic heterocycles. The number of nitrogens with one attached hydrogen (secondary N) is 3. The van der Waals surface area contributed by atoms with Crippen LogP contribution in [0, 0.1) is 0 Å². The van der Waals surface area contributed by atoms with Crippen molar-refractivity contribution in [3.05, 3.63) is 18.2 Å². The van der Waals surface area contributed by atoms with Gasteiger partial charge in [0.25, 0.3) is 0 Å². The van der Waals surface area contributed by atoms with Gasteiger partial charge in [0.05, 0.1) is 10.2 Å². The Hall–Kier alpha value is -2.48. The molecule has 1 saturated carbocycles. The first kappa shape index (κ1) is 18.3. The molecule has 0 spiro atoms. The van der Waals surface area contributed by atoms with Crippen LogP contribution >= 0.6 is 11.3 Å². The number of rotatable bonds is 4. The second-order valence-electron chi connectivity index (χ2n) is 6.66. The molecule has 0 saturated heterocycles. The minimum Gasteiger partial charge on any atom is -0.342 e. The molecule has 1 aliphatic carbocycles. The first-order chi connectivity index (χ1) is 12.4. The van der Waals surface area contributed by atoms with Crippen molar-refractivity contribution in [2.45, 2.75) is 51.5 Å². The Morgan fingerprint density at radius 2 is 1.77 bits per heavy atom. The van der Waals surface area contributed by atoms with E-state index < -0.39 is 5.54 Å². The van der Waals surface area contributed by atoms with E-state index in [0.717, 1.165) is 29.5 Å². The summed E-state index contributed by atoms with van der Waals surface area (Å²) >= 11 is 1.35. The fraction of sp³-hybridized carbons (Fsp3) is 0.444. The minimum atomic E-state index is -0.839. The smallest absolute Gasteiger partial charge is 0.250 e. The standard InChI is InChI=1S/C18H22N4O3S/c1-11(23)19-17-21-14-7-6-13(10-15(14)26-17)20-16(25)18(22-12(2)24)8-4-3-5-9-18/h6-7,10H,3-5,8-9H2,1-2H3,(H,20,25)(H,22,24)(H,19,21,23). The average Bonchev–Trinajstić information content (AvgIpc) is 2.95. The van der Waals surface area contributed by atoms with E-state index in [4.69, 9.17) is 0 Å². The van der Waals surface area contributed by atoms with E-state index in [0.29, 0.717) is 23.7 Å². The maximum Gasteiger partial charge on any atom is 0.250 e. The van der Waals surface area contributed by atoms with Gasteiger partial charge in [-0.05, 0) is 31.0 Å². The number of hydrogen-bond donors (Lipinski definition) is 3. The van der Waals surface area contributed by atoms with E-state index in [1.54, 1.807) is 12.1 Å². The van der Waals surface area contributed by atoms with Gasteiger partial charge < -0.3 is 16.0 Å². The van der Waals surface area contributed by atoms with Crippen LogP contribution in [0.5, 0.6) is 0 Å². The first-order valence-corrected chi connectivity index (χ1v) is 9.48. The Labute approximate surface area is 155 Å². The summed E-state index contributed by atoms with van der Waals surface area (Å²) in [5.41, 5.74) is 0.565. The van der Waals surface area contributed by atoms with Crippen LogP contribution in [0.25, 0.3) is 10.2 Å². The van der Waals surface area contributed by atoms with Crippen molar-refractivity contribution in [1.29, 1.82) is 0 Å². The topological polar surface area (TPSA) is 100 Å². The lowest BCUT2D eigenvalue weighted by Crippen LogP contribution is -2.57. The molecule has 0 aliphatic heterocycles. The molecular formula is C18H22N4O3S. The number of anilines is 2. The van der Waals surface area contributed by atoms with Crippen LogP contribution in [0.1, 0.15) is 46.0 Å². The molecule has 0 atom stereocenters. The fourth-order valence-corrected chi connectivity index (χ4v) is 4.31. The van der Waals surface area contributed by atoms with Gasteiger partial charge in [-0.1, -0.05) is 30.6 Å². The monoisotopic (exact) mass is 374 g/mol. The van der Waals surface area contributed by atoms with Gasteiger partial charge in [-0.2, -0.15) is 0 Å². The quantitative estimate of drug-likeness (QED) is 0.766. The van der Waals surface area contributed by atoms with Crippen molar-refractivity contribution in [2.75, 3.05) is 10.6 Å². The number of amides is 3. The van der Waals surface area contributed by atoms with Gasteiger partial charge in [0.15, 0.2) is 5.13 Å². The number of nitrogens with zero attached hydrogens (tertiary/aromatic N) is 1. The molecule has 3 N–H and O–H groups in total. The molecule has 1 aromatic carbocycles. The highest BCUT2D eigenvalue weighted by atomic mass is 32.1. The SMILES string of the molecule is CC(=O)Nc1nc2ccc(NC(=O)C3(NC(C)=O)CCCCC3)cc2s1. The molecule has 1 fully saturated rings. The largest absolute Gasteiger partial charge is 0.342 e. The van der Waals surface area contributed by atoms with E-state index in [2.05, 4.69) is 20.9 Å². The summed E-state index contributed by atoms with van der Waals surface area (Å²) < 4.78 is 0.865. The summed E-state index contributed by atoms with van der Waals surface area (Å²) in [5.74, 6) is -0.551. The molecule has 0 unspecified atom stereocenters. The van der Waals surface area contributed by atoms with Crippen molar-refractivity contribution >= 4 is 50.1 Å². The van der Waals surface area contributed by atoms with E-state index in [9.17, 15) is 14.4 Å². The molecule has 7 nitrogen and oxygen atoms in total. The Balaban J connectivity index is 1.80. The maximum absolute atomic E-state index is 12.9. The van der Waals surface area contributed by atoms with Gasteiger partial charge in [-0.25, -0.2) is 4.98 Å². The third-order valence-electron chi connectivity index (χ3n) is 4.49. The number of benzene rings is 1. The van der Waals surface area contributed by atoms with Crippen LogP contribution < -0.4 is 16.0 Å². The van der Waals surface area contributed by atoms with Gasteiger partial charge in [-0.3, -0.25) is 14.4 Å². The highest BCUT2D eigenvalue weighted by Gasteiger charge is 2.40. The molecule has 8 heteroatoms. The zero-order valence-corrected chi connectivity index (χ0v) is 15.7. The van der Waals surface area contributed by atoms with Crippen LogP contribution in [-0.4, -0.2) is 28.2 Å². The lowest BCUT2D eigenvalue weighted by molar-refractivity contribution is -0.130. The third-order valence-corrected chi connectivity index (χ3v) is 5.42. The number of carbonyl (C=O) groups is 3. The summed E-state index contributed by atoms with van der Waals surface area (Å²) in [7, 11) is 0. The molecule has 3 amide bonds. The number of carbonyl (C=O) groups excluding carboxylic acids is 3. The van der Waals surface area contributed by atoms with Crippen LogP contribution in [-0.2, 0) is 14.4 Å². The number of aromatic nitrogens is 1. The fourth-order valence-electron chi connectivity index (χ4n) is 3.36. The normalized spacial score (nSPS) is 16.1. The predicted molar refractivity (Wildman–Crippen MR) is 102 cm³/mol. The van der Waals surface area contributed by atoms with E-state index in [-0.39, 0.29) is 17.7 Å². The average molecular weight is 374 g/mol. The van der Waals surface area contributed by atoms with Crippen LogP contribution in [0.15, 0.2) is 18.2 Å². The number of thiazole rings is 1. The molecule has 0 bridgehead atoms. The van der Waals surface area contributed by atoms with Crippen molar-refractivity contribution in [1.82, 2.24) is 10.3 Å². The molecular weight excluding hydrogens is 352 g/mol. The van der Waals surface area contributed by atoms with E-state index in [1.165, 1.54) is 25.2 Å². The summed E-state index contributed by atoms with van der Waals surface area (Å²) in [6.07, 6.45) is 4.21. The van der Waals surface area contributed by atoms with E-state index >= 15 is 0 Å². The van der Waals surface area contributed by atoms with Gasteiger partial charge in [-0.15, -0.1) is 0 Å². The Bertz CT molecular complexity index is 855. The van der Waals surface area contributed by atoms with Gasteiger partial charge in [0.1, 0.15) is 5.54 Å². The predicted octanol–water partition coefficient (Wildman–Crippen LogP) is 3.03. The molecule has 138 valence electrons. The molecule has 2 aromatic rings. The second kappa shape index (κ2) is 7.41. The third kappa shape index (κ3) is 4.01. The highest BCUT2D eigenvalue weighted by Crippen LogP contribution is 2.31. The summed E-state index contributed by atoms with van der Waals surface area (Å²) in [6.45, 7) is 2.87. The number of fused-ring (bicyclic) bond motifs is 1. The highest BCUT2D eigenvalue weighted by molar-refractivity contribution is 7.22. The van der Waals surface area contributed by atoms with Crippen LogP contribution in [0.2, 0.25) is 0 Å². The van der Waals surface area contributed by atoms with Crippen LogP contribution in [0.3, 0.4) is 0 Å². The first-order valence-electron chi connectivity index (χ1n) is 8.66. The summed E-state index contributed by atoms with van der Waals surface area (Å²) in [4.78, 5) is 40.0. The van der Waals surface area contributed by atoms with E-state index in [1.807, 2.05) is 6.07 Å². The second-order valence-corrected chi connectivity index (χ2v) is 7.69. The molecule has 26 heavy (non-hydrogen) atoms. The van der Waals surface area contributed by atoms with Crippen molar-refractivity contribution < 1.29 is 14.4 Å². The lowest BCUT2D eigenvalue weighted by atomic mass is 9.80. The molecule has 0 radical (unpaired) electrons. The van der Waals surface area contributed by atoms with Gasteiger partial charge in [0, 0.05) is 19.5 Å². The number of hydrogen-bond acceptors (Lipinski definition) is 5. The minimum absolute atomic E-state index is 0.174. The lowest BCUT2D eigenvalue weighted by Gasteiger charge is -2.36. The van der Waals surface area contributed by atoms with Gasteiger partial charge in [0.2, 0.25) is 17.7 Å². The summed E-state index contributed by atoms with van der Waals surface area (Å²) in [6, 6.07) is 5.42. The zero-order chi connectivity index (χ0) is 18.7. The molecule has 1 heterocycles. The van der Waals surface area contributed by atoms with Gasteiger partial charge >= 0.3 is 0 Å². The molecule has 3 rings (SSSR count). The Morgan fingerprint density at radius 3 is 2.42 bits per heavy atom. The Kier molecular flexibility index (Phi) is 5.22. The van der Waals surface area contributed by atoms with Crippen molar-refractivity contribution in [2.24, 2.45) is 0 Å². The zero-order valence-electron chi connectivity index (χ0n) is 14.8. The van der Waals surface area contributed by atoms with Crippen LogP contribution in [0.4, 0.5) is 10.8 Å². The molecule has 1 aliphatic rings. The Morgan fingerprint density at radius 1 is 1.04 bits per heavy atom. The summed E-state index contributed by atoms with van der Waals surface area (Å²) in [5, 5.41) is 9.00. The maximum atomic E-state index is 12.9. The van der Waals surface area contributed by atoms with Crippen molar-refractivity contribution in [3.8, 4) is 0 Å².